The van der Waals surface area contributed by atoms with Gasteiger partial charge in [-0.1, -0.05) is 0 Å². The van der Waals surface area contributed by atoms with Gasteiger partial charge >= 0.3 is 6.18 Å². The van der Waals surface area contributed by atoms with E-state index < -0.39 is 12.8 Å². The molecule has 7 heteroatoms. The summed E-state index contributed by atoms with van der Waals surface area (Å²) in [7, 11) is 0. The standard InChI is InChI=1S/C6H8F3N3O/c7-6(8,9)4-13-11-3-5-1-2-10-12-5/h1-2,11H,3-4H2,(H,10,12). The minimum absolute atomic E-state index is 0.163. The van der Waals surface area contributed by atoms with Crippen LogP contribution in [0.15, 0.2) is 12.3 Å². The molecule has 0 bridgehead atoms. The van der Waals surface area contributed by atoms with Gasteiger partial charge in [-0.3, -0.25) is 9.94 Å². The van der Waals surface area contributed by atoms with E-state index in [2.05, 4.69) is 20.5 Å². The fourth-order valence-electron chi connectivity index (χ4n) is 0.645. The van der Waals surface area contributed by atoms with E-state index in [4.69, 9.17) is 0 Å². The predicted molar refractivity (Wildman–Crippen MR) is 37.4 cm³/mol. The van der Waals surface area contributed by atoms with E-state index in [-0.39, 0.29) is 6.54 Å². The van der Waals surface area contributed by atoms with Gasteiger partial charge in [0.15, 0.2) is 6.61 Å². The maximum atomic E-state index is 11.5. The number of H-pyrrole nitrogens is 1. The second-order valence-electron chi connectivity index (χ2n) is 2.31. The molecule has 0 aliphatic heterocycles. The van der Waals surface area contributed by atoms with Crippen molar-refractivity contribution in [2.24, 2.45) is 0 Å². The predicted octanol–water partition coefficient (Wildman–Crippen LogP) is 0.993. The van der Waals surface area contributed by atoms with Crippen LogP contribution in [0.2, 0.25) is 0 Å². The zero-order valence-corrected chi connectivity index (χ0v) is 6.56. The molecular formula is C6H8F3N3O. The molecule has 0 fully saturated rings. The van der Waals surface area contributed by atoms with E-state index in [0.717, 1.165) is 0 Å². The van der Waals surface area contributed by atoms with E-state index in [1.54, 1.807) is 6.07 Å². The van der Waals surface area contributed by atoms with Crippen molar-refractivity contribution in [2.75, 3.05) is 6.61 Å². The maximum Gasteiger partial charge on any atom is 0.413 e. The summed E-state index contributed by atoms with van der Waals surface area (Å²) in [5.41, 5.74) is 2.81. The molecule has 0 spiro atoms. The van der Waals surface area contributed by atoms with Crippen LogP contribution in [0.3, 0.4) is 0 Å². The van der Waals surface area contributed by atoms with Crippen molar-refractivity contribution < 1.29 is 18.0 Å². The summed E-state index contributed by atoms with van der Waals surface area (Å²) < 4.78 is 34.6. The first-order valence-corrected chi connectivity index (χ1v) is 3.47. The van der Waals surface area contributed by atoms with Gasteiger partial charge in [0, 0.05) is 6.20 Å². The third-order valence-electron chi connectivity index (χ3n) is 1.16. The second kappa shape index (κ2) is 4.24. The van der Waals surface area contributed by atoms with E-state index in [9.17, 15) is 13.2 Å². The maximum absolute atomic E-state index is 11.5. The molecule has 74 valence electrons. The smallest absolute Gasteiger partial charge is 0.292 e. The van der Waals surface area contributed by atoms with Crippen LogP contribution in [0, 0.1) is 0 Å². The second-order valence-corrected chi connectivity index (χ2v) is 2.31. The highest BCUT2D eigenvalue weighted by molar-refractivity contribution is 4.95. The molecule has 0 saturated carbocycles. The van der Waals surface area contributed by atoms with Gasteiger partial charge in [0.1, 0.15) is 0 Å². The molecular weight excluding hydrogens is 187 g/mol. The average Bonchev–Trinajstić information content (AvgIpc) is 2.48. The van der Waals surface area contributed by atoms with Crippen LogP contribution >= 0.6 is 0 Å². The van der Waals surface area contributed by atoms with Crippen LogP contribution in [0.4, 0.5) is 13.2 Å². The Labute approximate surface area is 72.0 Å². The van der Waals surface area contributed by atoms with Crippen molar-refractivity contribution in [3.05, 3.63) is 18.0 Å². The molecule has 13 heavy (non-hydrogen) atoms. The van der Waals surface area contributed by atoms with Crippen molar-refractivity contribution >= 4 is 0 Å². The summed E-state index contributed by atoms with van der Waals surface area (Å²) >= 11 is 0. The van der Waals surface area contributed by atoms with Crippen molar-refractivity contribution in [3.63, 3.8) is 0 Å². The van der Waals surface area contributed by atoms with E-state index >= 15 is 0 Å². The lowest BCUT2D eigenvalue weighted by Gasteiger charge is -2.06. The number of hydroxylamine groups is 1. The van der Waals surface area contributed by atoms with Crippen molar-refractivity contribution in [1.82, 2.24) is 15.7 Å². The first-order chi connectivity index (χ1) is 6.08. The van der Waals surface area contributed by atoms with Gasteiger partial charge < -0.3 is 0 Å². The number of rotatable bonds is 4. The summed E-state index contributed by atoms with van der Waals surface area (Å²) in [4.78, 5) is 4.15. The average molecular weight is 195 g/mol. The lowest BCUT2D eigenvalue weighted by atomic mass is 10.4. The lowest BCUT2D eigenvalue weighted by molar-refractivity contribution is -0.190. The van der Waals surface area contributed by atoms with Gasteiger partial charge in [0.2, 0.25) is 0 Å². The van der Waals surface area contributed by atoms with Crippen LogP contribution in [0.25, 0.3) is 0 Å². The Hall–Kier alpha value is -1.08. The molecule has 1 rings (SSSR count). The first-order valence-electron chi connectivity index (χ1n) is 3.47. The Bertz CT molecular complexity index is 234. The third-order valence-corrected chi connectivity index (χ3v) is 1.16. The molecule has 0 aliphatic rings. The SMILES string of the molecule is FC(F)(F)CONCc1ccn[nH]1. The van der Waals surface area contributed by atoms with Gasteiger partial charge in [-0.2, -0.15) is 23.8 Å². The fourth-order valence-corrected chi connectivity index (χ4v) is 0.645. The molecule has 0 amide bonds. The number of nitrogens with zero attached hydrogens (tertiary/aromatic N) is 1. The highest BCUT2D eigenvalue weighted by atomic mass is 19.4. The van der Waals surface area contributed by atoms with Gasteiger partial charge in [0.05, 0.1) is 12.2 Å². The van der Waals surface area contributed by atoms with Crippen LogP contribution in [0.1, 0.15) is 5.69 Å². The van der Waals surface area contributed by atoms with Crippen LogP contribution in [-0.2, 0) is 11.4 Å². The first kappa shape index (κ1) is 10.0. The van der Waals surface area contributed by atoms with Gasteiger partial charge in [0.25, 0.3) is 0 Å². The highest BCUT2D eigenvalue weighted by Gasteiger charge is 2.27. The summed E-state index contributed by atoms with van der Waals surface area (Å²) in [5.74, 6) is 0. The summed E-state index contributed by atoms with van der Waals surface area (Å²) in [6.07, 6.45) is -2.80. The molecule has 2 N–H and O–H groups in total. The Morgan fingerprint density at radius 2 is 2.31 bits per heavy atom. The van der Waals surface area contributed by atoms with E-state index in [1.165, 1.54) is 6.20 Å². The molecule has 0 radical (unpaired) electrons. The molecule has 0 unspecified atom stereocenters. The molecule has 0 saturated heterocycles. The minimum atomic E-state index is -4.30. The molecule has 0 aromatic carbocycles. The Morgan fingerprint density at radius 3 is 2.85 bits per heavy atom. The molecule has 1 heterocycles. The van der Waals surface area contributed by atoms with Gasteiger partial charge in [-0.25, -0.2) is 0 Å². The highest BCUT2D eigenvalue weighted by Crippen LogP contribution is 2.13. The Morgan fingerprint density at radius 1 is 1.54 bits per heavy atom. The Balaban J connectivity index is 2.09. The lowest BCUT2D eigenvalue weighted by Crippen LogP contribution is -2.24. The number of aromatic nitrogens is 2. The fraction of sp³-hybridized carbons (Fsp3) is 0.500. The summed E-state index contributed by atoms with van der Waals surface area (Å²) in [6.45, 7) is -1.14. The topological polar surface area (TPSA) is 49.9 Å². The van der Waals surface area contributed by atoms with Crippen LogP contribution in [-0.4, -0.2) is 23.0 Å². The summed E-state index contributed by atoms with van der Waals surface area (Å²) in [6, 6.07) is 1.63. The largest absolute Gasteiger partial charge is 0.413 e. The normalized spacial score (nSPS) is 11.9. The van der Waals surface area contributed by atoms with Gasteiger partial charge in [-0.05, 0) is 6.07 Å². The number of hydrogen-bond donors (Lipinski definition) is 2. The molecule has 4 nitrogen and oxygen atoms in total. The minimum Gasteiger partial charge on any atom is -0.292 e. The van der Waals surface area contributed by atoms with E-state index in [1.807, 2.05) is 0 Å². The van der Waals surface area contributed by atoms with Crippen molar-refractivity contribution in [2.45, 2.75) is 12.7 Å². The van der Waals surface area contributed by atoms with Gasteiger partial charge in [-0.15, -0.1) is 0 Å². The molecule has 0 aliphatic carbocycles. The van der Waals surface area contributed by atoms with Crippen LogP contribution < -0.4 is 5.48 Å². The van der Waals surface area contributed by atoms with Crippen molar-refractivity contribution in [1.29, 1.82) is 0 Å². The molecule has 1 aromatic heterocycles. The number of alkyl halides is 3. The number of halogens is 3. The monoisotopic (exact) mass is 195 g/mol. The zero-order chi connectivity index (χ0) is 9.73. The molecule has 0 atom stereocenters. The third kappa shape index (κ3) is 4.48. The quantitative estimate of drug-likeness (QED) is 0.556. The molecule has 1 aromatic rings. The van der Waals surface area contributed by atoms with Crippen molar-refractivity contribution in [3.8, 4) is 0 Å². The summed E-state index contributed by atoms with van der Waals surface area (Å²) in [5, 5.41) is 6.17. The Kier molecular flexibility index (Phi) is 3.26. The number of hydrogen-bond acceptors (Lipinski definition) is 3. The van der Waals surface area contributed by atoms with Crippen LogP contribution in [0.5, 0.6) is 0 Å². The number of nitrogens with one attached hydrogen (secondary N) is 2. The zero-order valence-electron chi connectivity index (χ0n) is 6.56. The van der Waals surface area contributed by atoms with E-state index in [0.29, 0.717) is 5.69 Å². The number of aromatic amines is 1.